The first-order chi connectivity index (χ1) is 14.4. The van der Waals surface area contributed by atoms with Crippen molar-refractivity contribution in [2.45, 2.75) is 84.8 Å². The van der Waals surface area contributed by atoms with Crippen molar-refractivity contribution < 1.29 is 19.1 Å². The molecule has 0 unspecified atom stereocenters. The van der Waals surface area contributed by atoms with Gasteiger partial charge in [0.05, 0.1) is 12.1 Å². The van der Waals surface area contributed by atoms with E-state index in [1.54, 1.807) is 11.0 Å². The Bertz CT molecular complexity index is 765. The van der Waals surface area contributed by atoms with Crippen molar-refractivity contribution in [1.29, 1.82) is 0 Å². The predicted octanol–water partition coefficient (Wildman–Crippen LogP) is 4.69. The lowest BCUT2D eigenvalue weighted by molar-refractivity contribution is -0.116. The largest absolute Gasteiger partial charge is 0.444 e. The fourth-order valence-electron chi connectivity index (χ4n) is 3.64. The Balaban J connectivity index is 2.23. The summed E-state index contributed by atoms with van der Waals surface area (Å²) >= 11 is 0. The van der Waals surface area contributed by atoms with Crippen LogP contribution in [-0.4, -0.2) is 46.9 Å². The summed E-state index contributed by atoms with van der Waals surface area (Å²) in [6, 6.07) is 9.66. The maximum atomic E-state index is 13.1. The Hall–Kier alpha value is -2.34. The highest BCUT2D eigenvalue weighted by Crippen LogP contribution is 2.36. The molecule has 0 radical (unpaired) electrons. The number of carbonyl (C=O) groups is 2. The summed E-state index contributed by atoms with van der Waals surface area (Å²) in [7, 11) is 0. The molecule has 2 amide bonds. The van der Waals surface area contributed by atoms with E-state index in [1.165, 1.54) is 6.08 Å². The molecule has 1 heterocycles. The lowest BCUT2D eigenvalue weighted by Crippen LogP contribution is -2.50. The van der Waals surface area contributed by atoms with Crippen molar-refractivity contribution in [1.82, 2.24) is 10.2 Å². The number of hydrogen-bond donors (Lipinski definition) is 1. The van der Waals surface area contributed by atoms with Gasteiger partial charge in [-0.3, -0.25) is 9.69 Å². The minimum atomic E-state index is -0.870. The van der Waals surface area contributed by atoms with Crippen LogP contribution in [0.2, 0.25) is 0 Å². The van der Waals surface area contributed by atoms with Crippen LogP contribution in [0, 0.1) is 5.92 Å². The molecule has 1 aliphatic rings. The van der Waals surface area contributed by atoms with Crippen LogP contribution < -0.4 is 5.32 Å². The molecule has 6 nitrogen and oxygen atoms in total. The van der Waals surface area contributed by atoms with Crippen LogP contribution in [0.3, 0.4) is 0 Å². The SMILES string of the molecule is CC(C)CCNC(=O)C=C[C@@H]1OC(C)(C)N(C(=O)OC(C)(C)C)[C@@H]1Cc1ccccc1. The van der Waals surface area contributed by atoms with Gasteiger partial charge < -0.3 is 14.8 Å². The molecule has 1 aromatic carbocycles. The van der Waals surface area contributed by atoms with Crippen LogP contribution >= 0.6 is 0 Å². The molecule has 1 aromatic rings. The van der Waals surface area contributed by atoms with Gasteiger partial charge in [-0.1, -0.05) is 44.2 Å². The number of carbonyl (C=O) groups excluding carboxylic acids is 2. The van der Waals surface area contributed by atoms with Gasteiger partial charge in [0.1, 0.15) is 11.3 Å². The number of amides is 2. The number of rotatable bonds is 7. The highest BCUT2D eigenvalue weighted by Gasteiger charge is 2.50. The number of hydrogen-bond acceptors (Lipinski definition) is 4. The van der Waals surface area contributed by atoms with E-state index < -0.39 is 23.5 Å². The Morgan fingerprint density at radius 2 is 1.87 bits per heavy atom. The minimum absolute atomic E-state index is 0.156. The molecule has 0 bridgehead atoms. The zero-order valence-corrected chi connectivity index (χ0v) is 20.0. The fourth-order valence-corrected chi connectivity index (χ4v) is 3.64. The average molecular weight is 431 g/mol. The highest BCUT2D eigenvalue weighted by atomic mass is 16.6. The first kappa shape index (κ1) is 24.9. The van der Waals surface area contributed by atoms with Crippen LogP contribution in [0.15, 0.2) is 42.5 Å². The van der Waals surface area contributed by atoms with Crippen molar-refractivity contribution in [3.63, 3.8) is 0 Å². The molecule has 6 heteroatoms. The number of nitrogens with one attached hydrogen (secondary N) is 1. The Morgan fingerprint density at radius 1 is 1.23 bits per heavy atom. The van der Waals surface area contributed by atoms with Crippen molar-refractivity contribution >= 4 is 12.0 Å². The van der Waals surface area contributed by atoms with Gasteiger partial charge in [0, 0.05) is 12.6 Å². The number of ether oxygens (including phenoxy) is 2. The summed E-state index contributed by atoms with van der Waals surface area (Å²) in [6.07, 6.45) is 3.93. The lowest BCUT2D eigenvalue weighted by Gasteiger charge is -2.35. The van der Waals surface area contributed by atoms with Crippen LogP contribution in [0.5, 0.6) is 0 Å². The van der Waals surface area contributed by atoms with Gasteiger partial charge in [0.15, 0.2) is 0 Å². The van der Waals surface area contributed by atoms with Crippen molar-refractivity contribution in [2.24, 2.45) is 5.92 Å². The number of nitrogens with zero attached hydrogens (tertiary/aromatic N) is 1. The Kier molecular flexibility index (Phi) is 8.29. The molecule has 31 heavy (non-hydrogen) atoms. The molecule has 2 rings (SSSR count). The van der Waals surface area contributed by atoms with Gasteiger partial charge in [-0.2, -0.15) is 0 Å². The van der Waals surface area contributed by atoms with Crippen LogP contribution in [-0.2, 0) is 20.7 Å². The zero-order chi connectivity index (χ0) is 23.2. The lowest BCUT2D eigenvalue weighted by atomic mass is 10.00. The third-order valence-corrected chi connectivity index (χ3v) is 5.05. The van der Waals surface area contributed by atoms with Gasteiger partial charge in [0.25, 0.3) is 0 Å². The standard InChI is InChI=1S/C25H38N2O4/c1-18(2)15-16-26-22(28)14-13-21-20(17-19-11-9-8-10-12-19)27(25(6,7)30-21)23(29)31-24(3,4)5/h8-14,18,20-21H,15-17H2,1-7H3,(H,26,28)/t20-,21+/m1/s1. The molecule has 0 aromatic heterocycles. The average Bonchev–Trinajstić information content (AvgIpc) is 2.88. The summed E-state index contributed by atoms with van der Waals surface area (Å²) in [5.41, 5.74) is -0.401. The molecule has 1 fully saturated rings. The van der Waals surface area contributed by atoms with Gasteiger partial charge in [-0.25, -0.2) is 4.79 Å². The summed E-state index contributed by atoms with van der Waals surface area (Å²) in [5.74, 6) is 0.372. The smallest absolute Gasteiger partial charge is 0.412 e. The minimum Gasteiger partial charge on any atom is -0.444 e. The summed E-state index contributed by atoms with van der Waals surface area (Å²) in [5, 5.41) is 2.90. The quantitative estimate of drug-likeness (QED) is 0.638. The van der Waals surface area contributed by atoms with Crippen LogP contribution in [0.1, 0.15) is 60.5 Å². The molecule has 0 aliphatic carbocycles. The Morgan fingerprint density at radius 3 is 2.45 bits per heavy atom. The molecular formula is C25H38N2O4. The third kappa shape index (κ3) is 7.69. The molecule has 1 N–H and O–H groups in total. The maximum absolute atomic E-state index is 13.1. The molecule has 0 saturated carbocycles. The summed E-state index contributed by atoms with van der Waals surface area (Å²) < 4.78 is 11.9. The normalized spacial score (nSPS) is 21.0. The van der Waals surface area contributed by atoms with E-state index in [1.807, 2.05) is 65.0 Å². The van der Waals surface area contributed by atoms with E-state index >= 15 is 0 Å². The van der Waals surface area contributed by atoms with Crippen molar-refractivity contribution in [2.75, 3.05) is 6.54 Å². The predicted molar refractivity (Wildman–Crippen MR) is 123 cm³/mol. The molecule has 0 spiro atoms. The van der Waals surface area contributed by atoms with E-state index in [0.29, 0.717) is 18.9 Å². The van der Waals surface area contributed by atoms with Crippen molar-refractivity contribution in [3.05, 3.63) is 48.0 Å². The maximum Gasteiger partial charge on any atom is 0.412 e. The second kappa shape index (κ2) is 10.3. The zero-order valence-electron chi connectivity index (χ0n) is 20.0. The first-order valence-electron chi connectivity index (χ1n) is 11.1. The second-order valence-electron chi connectivity index (χ2n) is 9.97. The van der Waals surface area contributed by atoms with E-state index in [0.717, 1.165) is 12.0 Å². The van der Waals surface area contributed by atoms with Crippen LogP contribution in [0.25, 0.3) is 0 Å². The first-order valence-corrected chi connectivity index (χ1v) is 11.1. The fraction of sp³-hybridized carbons (Fsp3) is 0.600. The van der Waals surface area contributed by atoms with Gasteiger partial charge in [-0.15, -0.1) is 0 Å². The van der Waals surface area contributed by atoms with Crippen LogP contribution in [0.4, 0.5) is 4.79 Å². The van der Waals surface area contributed by atoms with E-state index in [2.05, 4.69) is 19.2 Å². The van der Waals surface area contributed by atoms with E-state index in [-0.39, 0.29) is 11.9 Å². The monoisotopic (exact) mass is 430 g/mol. The second-order valence-corrected chi connectivity index (χ2v) is 9.97. The van der Waals surface area contributed by atoms with E-state index in [4.69, 9.17) is 9.47 Å². The molecule has 1 aliphatic heterocycles. The molecule has 1 saturated heterocycles. The molecule has 2 atom stereocenters. The number of benzene rings is 1. The molecule has 172 valence electrons. The topological polar surface area (TPSA) is 67.9 Å². The summed E-state index contributed by atoms with van der Waals surface area (Å²) in [6.45, 7) is 14.1. The van der Waals surface area contributed by atoms with Gasteiger partial charge in [0.2, 0.25) is 5.91 Å². The summed E-state index contributed by atoms with van der Waals surface area (Å²) in [4.78, 5) is 27.0. The highest BCUT2D eigenvalue weighted by molar-refractivity contribution is 5.87. The Labute approximate surface area is 187 Å². The van der Waals surface area contributed by atoms with Crippen molar-refractivity contribution in [3.8, 4) is 0 Å². The van der Waals surface area contributed by atoms with E-state index in [9.17, 15) is 9.59 Å². The van der Waals surface area contributed by atoms with Gasteiger partial charge in [-0.05, 0) is 65.0 Å². The van der Waals surface area contributed by atoms with Gasteiger partial charge >= 0.3 is 6.09 Å². The third-order valence-electron chi connectivity index (χ3n) is 5.05. The molecular weight excluding hydrogens is 392 g/mol.